The van der Waals surface area contributed by atoms with Crippen molar-refractivity contribution >= 4 is 12.0 Å². The molecule has 0 bridgehead atoms. The monoisotopic (exact) mass is 266 g/mol. The average Bonchev–Trinajstić information content (AvgIpc) is 2.36. The topological polar surface area (TPSA) is 69.6 Å². The largest absolute Gasteiger partial charge is 0.465 e. The molecular weight excluding hydrogens is 244 g/mol. The Labute approximate surface area is 114 Å². The third-order valence-electron chi connectivity index (χ3n) is 3.24. The summed E-state index contributed by atoms with van der Waals surface area (Å²) in [5.74, 6) is 0.668. The molecule has 0 aliphatic rings. The first-order valence-electron chi connectivity index (χ1n) is 6.43. The van der Waals surface area contributed by atoms with Gasteiger partial charge in [0.2, 0.25) is 5.95 Å². The summed E-state index contributed by atoms with van der Waals surface area (Å²) < 4.78 is 0. The fraction of sp³-hybridized carbons (Fsp3) is 0.615. The Morgan fingerprint density at radius 2 is 1.79 bits per heavy atom. The zero-order valence-electron chi connectivity index (χ0n) is 12.3. The van der Waals surface area contributed by atoms with Crippen LogP contribution < -0.4 is 4.90 Å². The first-order chi connectivity index (χ1) is 8.90. The lowest BCUT2D eigenvalue weighted by Gasteiger charge is -2.22. The summed E-state index contributed by atoms with van der Waals surface area (Å²) in [4.78, 5) is 23.2. The molecular formula is C13H22N4O2. The lowest BCUT2D eigenvalue weighted by atomic mass is 10.2. The molecule has 1 amide bonds. The van der Waals surface area contributed by atoms with Crippen LogP contribution in [0.1, 0.15) is 30.8 Å². The summed E-state index contributed by atoms with van der Waals surface area (Å²) in [6, 6.07) is 0. The van der Waals surface area contributed by atoms with E-state index in [1.54, 1.807) is 0 Å². The molecule has 0 aromatic carbocycles. The van der Waals surface area contributed by atoms with E-state index in [9.17, 15) is 4.79 Å². The quantitative estimate of drug-likeness (QED) is 0.883. The minimum absolute atomic E-state index is 0.277. The Kier molecular flexibility index (Phi) is 5.09. The van der Waals surface area contributed by atoms with Crippen molar-refractivity contribution in [2.24, 2.45) is 0 Å². The average molecular weight is 266 g/mol. The predicted molar refractivity (Wildman–Crippen MR) is 74.6 cm³/mol. The third kappa shape index (κ3) is 3.56. The van der Waals surface area contributed by atoms with Crippen LogP contribution in [0.4, 0.5) is 10.7 Å². The van der Waals surface area contributed by atoms with E-state index in [2.05, 4.69) is 14.9 Å². The highest BCUT2D eigenvalue weighted by Gasteiger charge is 2.15. The van der Waals surface area contributed by atoms with Gasteiger partial charge in [0.05, 0.1) is 12.2 Å². The Morgan fingerprint density at radius 3 is 2.26 bits per heavy atom. The number of carboxylic acid groups (broad SMARTS) is 1. The van der Waals surface area contributed by atoms with Crippen molar-refractivity contribution in [3.8, 4) is 0 Å². The minimum Gasteiger partial charge on any atom is -0.465 e. The van der Waals surface area contributed by atoms with Gasteiger partial charge in [-0.1, -0.05) is 0 Å². The van der Waals surface area contributed by atoms with Gasteiger partial charge >= 0.3 is 6.09 Å². The third-order valence-corrected chi connectivity index (χ3v) is 3.24. The number of aromatic nitrogens is 2. The van der Waals surface area contributed by atoms with Gasteiger partial charge in [-0.3, -0.25) is 0 Å². The van der Waals surface area contributed by atoms with E-state index in [0.29, 0.717) is 5.95 Å². The van der Waals surface area contributed by atoms with Crippen molar-refractivity contribution in [1.82, 2.24) is 14.9 Å². The highest BCUT2D eigenvalue weighted by atomic mass is 16.4. The van der Waals surface area contributed by atoms with Gasteiger partial charge in [-0.25, -0.2) is 14.8 Å². The van der Waals surface area contributed by atoms with Crippen molar-refractivity contribution in [2.75, 3.05) is 25.0 Å². The van der Waals surface area contributed by atoms with Crippen molar-refractivity contribution in [3.63, 3.8) is 0 Å². The normalized spacial score (nSPS) is 10.4. The highest BCUT2D eigenvalue weighted by molar-refractivity contribution is 5.64. The molecule has 0 aliphatic carbocycles. The number of carbonyl (C=O) groups is 1. The highest BCUT2D eigenvalue weighted by Crippen LogP contribution is 2.16. The van der Waals surface area contributed by atoms with E-state index in [-0.39, 0.29) is 6.54 Å². The summed E-state index contributed by atoms with van der Waals surface area (Å²) in [5, 5.41) is 8.95. The fourth-order valence-electron chi connectivity index (χ4n) is 1.77. The molecule has 0 spiro atoms. The zero-order chi connectivity index (χ0) is 14.6. The summed E-state index contributed by atoms with van der Waals surface area (Å²) in [5.41, 5.74) is 2.61. The molecule has 1 aromatic rings. The minimum atomic E-state index is -0.958. The molecule has 1 N–H and O–H groups in total. The van der Waals surface area contributed by atoms with Crippen LogP contribution >= 0.6 is 0 Å². The van der Waals surface area contributed by atoms with E-state index in [1.807, 2.05) is 27.7 Å². The van der Waals surface area contributed by atoms with Crippen LogP contribution in [-0.4, -0.2) is 46.2 Å². The molecule has 106 valence electrons. The van der Waals surface area contributed by atoms with Gasteiger partial charge in [0.1, 0.15) is 0 Å². The number of rotatable bonds is 5. The Balaban J connectivity index is 3.13. The smallest absolute Gasteiger partial charge is 0.407 e. The molecule has 6 nitrogen and oxygen atoms in total. The lowest BCUT2D eigenvalue weighted by molar-refractivity contribution is 0.153. The van der Waals surface area contributed by atoms with Crippen LogP contribution in [0.3, 0.4) is 0 Å². The second-order valence-corrected chi connectivity index (χ2v) is 4.49. The van der Waals surface area contributed by atoms with Gasteiger partial charge in [0.25, 0.3) is 0 Å². The van der Waals surface area contributed by atoms with E-state index in [1.165, 1.54) is 11.9 Å². The van der Waals surface area contributed by atoms with E-state index in [4.69, 9.17) is 5.11 Å². The number of aryl methyl sites for hydroxylation is 1. The van der Waals surface area contributed by atoms with Crippen molar-refractivity contribution in [1.29, 1.82) is 0 Å². The number of nitrogens with zero attached hydrogens (tertiary/aromatic N) is 4. The summed E-state index contributed by atoms with van der Waals surface area (Å²) in [7, 11) is 1.54. The maximum atomic E-state index is 10.9. The van der Waals surface area contributed by atoms with Crippen LogP contribution in [0.25, 0.3) is 0 Å². The number of hydrogen-bond acceptors (Lipinski definition) is 4. The first-order valence-corrected chi connectivity index (χ1v) is 6.43. The van der Waals surface area contributed by atoms with Crippen molar-refractivity contribution in [2.45, 2.75) is 34.2 Å². The lowest BCUT2D eigenvalue weighted by Crippen LogP contribution is -2.28. The Hall–Kier alpha value is -1.85. The van der Waals surface area contributed by atoms with Gasteiger partial charge < -0.3 is 14.9 Å². The van der Waals surface area contributed by atoms with E-state index in [0.717, 1.165) is 30.0 Å². The molecule has 0 fully saturated rings. The van der Waals surface area contributed by atoms with Crippen molar-refractivity contribution < 1.29 is 9.90 Å². The second-order valence-electron chi connectivity index (χ2n) is 4.49. The summed E-state index contributed by atoms with van der Waals surface area (Å²) >= 11 is 0. The van der Waals surface area contributed by atoms with Gasteiger partial charge in [-0.15, -0.1) is 0 Å². The Bertz CT molecular complexity index is 458. The van der Waals surface area contributed by atoms with Gasteiger partial charge in [0.15, 0.2) is 0 Å². The molecule has 0 saturated carbocycles. The maximum Gasteiger partial charge on any atom is 0.407 e. The molecule has 0 aliphatic heterocycles. The second kappa shape index (κ2) is 6.36. The van der Waals surface area contributed by atoms with Crippen LogP contribution in [0, 0.1) is 13.8 Å². The molecule has 0 radical (unpaired) electrons. The molecule has 0 atom stereocenters. The van der Waals surface area contributed by atoms with Crippen LogP contribution in [0.2, 0.25) is 0 Å². The van der Waals surface area contributed by atoms with Gasteiger partial charge in [0, 0.05) is 25.8 Å². The summed E-state index contributed by atoms with van der Waals surface area (Å²) in [6.45, 7) is 9.87. The van der Waals surface area contributed by atoms with E-state index >= 15 is 0 Å². The zero-order valence-corrected chi connectivity index (χ0v) is 12.3. The molecule has 1 aromatic heterocycles. The molecule has 6 heteroatoms. The molecule has 19 heavy (non-hydrogen) atoms. The van der Waals surface area contributed by atoms with E-state index < -0.39 is 6.09 Å². The van der Waals surface area contributed by atoms with Crippen LogP contribution in [0.5, 0.6) is 0 Å². The molecule has 0 saturated heterocycles. The van der Waals surface area contributed by atoms with Crippen molar-refractivity contribution in [3.05, 3.63) is 17.0 Å². The maximum absolute atomic E-state index is 10.9. The molecule has 1 rings (SSSR count). The number of amides is 1. The first kappa shape index (κ1) is 15.2. The van der Waals surface area contributed by atoms with Crippen LogP contribution in [-0.2, 0) is 6.54 Å². The van der Waals surface area contributed by atoms with Gasteiger partial charge in [-0.2, -0.15) is 0 Å². The van der Waals surface area contributed by atoms with Crippen LogP contribution in [0.15, 0.2) is 0 Å². The summed E-state index contributed by atoms with van der Waals surface area (Å²) in [6.07, 6.45) is -0.958. The fourth-order valence-corrected chi connectivity index (χ4v) is 1.77. The number of anilines is 1. The molecule has 1 heterocycles. The molecule has 0 unspecified atom stereocenters. The SMILES string of the molecule is CCN(CC)c1nc(C)c(C)c(CN(C)C(=O)O)n1. The Morgan fingerprint density at radius 1 is 1.21 bits per heavy atom. The van der Waals surface area contributed by atoms with Gasteiger partial charge in [-0.05, 0) is 33.3 Å². The predicted octanol–water partition coefficient (Wildman–Crippen LogP) is 2.05. The standard InChI is InChI=1S/C13H22N4O2/c1-6-17(7-2)12-14-10(4)9(3)11(15-12)8-16(5)13(18)19/h6-8H2,1-5H3,(H,18,19). The number of hydrogen-bond donors (Lipinski definition) is 1.